The highest BCUT2D eigenvalue weighted by atomic mass is 16.7. The molecule has 25 heavy (non-hydrogen) atoms. The largest absolute Gasteiger partial charge is 0.394 e. The third-order valence-corrected chi connectivity index (χ3v) is 4.14. The number of hydrogen-bond acceptors (Lipinski definition) is 11. The first-order chi connectivity index (χ1) is 11.8. The summed E-state index contributed by atoms with van der Waals surface area (Å²) in [5.41, 5.74) is 8.42. The van der Waals surface area contributed by atoms with Crippen molar-refractivity contribution in [3.63, 3.8) is 0 Å². The SMILES string of the molecule is [N-]=[N+]=N[C@@H]1O[C@H](CO)[C@@H](O[C@H]2O[C@H](CO)[C@@H](O)[C@H](O)[C@H]2O)[C@H](O)[C@H]1O. The summed E-state index contributed by atoms with van der Waals surface area (Å²) in [6.45, 7) is -1.37. The van der Waals surface area contributed by atoms with Crippen LogP contribution in [0.3, 0.4) is 0 Å². The molecule has 2 rings (SSSR count). The molecule has 2 saturated heterocycles. The topological polar surface area (TPSA) is 218 Å². The molecule has 0 amide bonds. The van der Waals surface area contributed by atoms with E-state index in [1.165, 1.54) is 0 Å². The number of aliphatic hydroxyl groups excluding tert-OH is 7. The minimum atomic E-state index is -1.74. The molecule has 0 spiro atoms. The van der Waals surface area contributed by atoms with Crippen LogP contribution in [0.4, 0.5) is 0 Å². The molecule has 0 aliphatic carbocycles. The van der Waals surface area contributed by atoms with Crippen LogP contribution in [0.1, 0.15) is 0 Å². The van der Waals surface area contributed by atoms with Crippen molar-refractivity contribution in [1.29, 1.82) is 0 Å². The van der Waals surface area contributed by atoms with Gasteiger partial charge in [0, 0.05) is 4.91 Å². The fraction of sp³-hybridized carbons (Fsp3) is 1.00. The van der Waals surface area contributed by atoms with E-state index in [4.69, 9.17) is 24.8 Å². The van der Waals surface area contributed by atoms with Crippen LogP contribution in [0, 0.1) is 0 Å². The minimum Gasteiger partial charge on any atom is -0.394 e. The smallest absolute Gasteiger partial charge is 0.187 e. The standard InChI is InChI=1S/C12H21N3O10/c13-15-14-11-8(21)7(20)10(4(2-17)23-11)25-12-9(22)6(19)5(18)3(1-16)24-12/h3-12,16-22H,1-2H2/t3-,4-,5-,6+,7-,8-,9-,10-,11-,12-/m1/s1. The van der Waals surface area contributed by atoms with E-state index >= 15 is 0 Å². The van der Waals surface area contributed by atoms with Gasteiger partial charge in [0.2, 0.25) is 0 Å². The van der Waals surface area contributed by atoms with Crippen molar-refractivity contribution in [3.8, 4) is 0 Å². The van der Waals surface area contributed by atoms with Gasteiger partial charge in [-0.3, -0.25) is 0 Å². The molecule has 0 saturated carbocycles. The Labute approximate surface area is 141 Å². The number of nitrogens with zero attached hydrogens (tertiary/aromatic N) is 3. The van der Waals surface area contributed by atoms with E-state index in [9.17, 15) is 30.6 Å². The lowest BCUT2D eigenvalue weighted by molar-refractivity contribution is -0.341. The van der Waals surface area contributed by atoms with Gasteiger partial charge in [-0.15, -0.1) is 0 Å². The van der Waals surface area contributed by atoms with E-state index in [2.05, 4.69) is 10.0 Å². The maximum atomic E-state index is 10.1. The van der Waals surface area contributed by atoms with Gasteiger partial charge in [0.25, 0.3) is 0 Å². The van der Waals surface area contributed by atoms with Crippen LogP contribution in [-0.4, -0.2) is 110 Å². The van der Waals surface area contributed by atoms with Crippen LogP contribution in [-0.2, 0) is 14.2 Å². The monoisotopic (exact) mass is 367 g/mol. The molecule has 2 fully saturated rings. The summed E-state index contributed by atoms with van der Waals surface area (Å²) < 4.78 is 15.6. The van der Waals surface area contributed by atoms with E-state index in [0.717, 1.165) is 0 Å². The summed E-state index contributed by atoms with van der Waals surface area (Å²) in [5.74, 6) is 0. The average Bonchev–Trinajstić information content (AvgIpc) is 2.61. The number of aliphatic hydroxyl groups is 7. The molecule has 13 nitrogen and oxygen atoms in total. The molecule has 0 aromatic carbocycles. The van der Waals surface area contributed by atoms with E-state index in [-0.39, 0.29) is 0 Å². The highest BCUT2D eigenvalue weighted by molar-refractivity contribution is 4.95. The van der Waals surface area contributed by atoms with Crippen molar-refractivity contribution < 1.29 is 50.0 Å². The molecule has 144 valence electrons. The Hall–Kier alpha value is -1.09. The second kappa shape index (κ2) is 8.53. The maximum absolute atomic E-state index is 10.1. The van der Waals surface area contributed by atoms with E-state index in [1.807, 2.05) is 0 Å². The molecule has 10 atom stereocenters. The van der Waals surface area contributed by atoms with E-state index in [0.29, 0.717) is 0 Å². The first kappa shape index (κ1) is 20.2. The van der Waals surface area contributed by atoms with Gasteiger partial charge in [-0.05, 0) is 5.53 Å². The van der Waals surface area contributed by atoms with Crippen LogP contribution in [0.15, 0.2) is 5.11 Å². The quantitative estimate of drug-likeness (QED) is 0.141. The van der Waals surface area contributed by atoms with Gasteiger partial charge >= 0.3 is 0 Å². The van der Waals surface area contributed by atoms with Crippen molar-refractivity contribution in [3.05, 3.63) is 10.4 Å². The fourth-order valence-corrected chi connectivity index (χ4v) is 2.72. The first-order valence-corrected chi connectivity index (χ1v) is 7.48. The summed E-state index contributed by atoms with van der Waals surface area (Å²) >= 11 is 0. The van der Waals surface area contributed by atoms with Crippen LogP contribution in [0.25, 0.3) is 10.4 Å². The molecule has 0 unspecified atom stereocenters. The molecular weight excluding hydrogens is 346 g/mol. The van der Waals surface area contributed by atoms with Gasteiger partial charge in [-0.2, -0.15) is 0 Å². The third kappa shape index (κ3) is 4.02. The van der Waals surface area contributed by atoms with Crippen LogP contribution in [0.5, 0.6) is 0 Å². The van der Waals surface area contributed by atoms with E-state index in [1.54, 1.807) is 0 Å². The molecule has 13 heteroatoms. The van der Waals surface area contributed by atoms with Crippen LogP contribution in [0.2, 0.25) is 0 Å². The Morgan fingerprint density at radius 1 is 0.840 bits per heavy atom. The zero-order chi connectivity index (χ0) is 18.7. The normalized spacial score (nSPS) is 48.0. The van der Waals surface area contributed by atoms with Crippen molar-refractivity contribution in [2.24, 2.45) is 5.11 Å². The lowest BCUT2D eigenvalue weighted by atomic mass is 9.96. The Kier molecular flexibility index (Phi) is 6.90. The van der Waals surface area contributed by atoms with Crippen molar-refractivity contribution in [2.45, 2.75) is 61.3 Å². The van der Waals surface area contributed by atoms with Gasteiger partial charge in [0.1, 0.15) is 48.8 Å². The van der Waals surface area contributed by atoms with Gasteiger partial charge in [-0.25, -0.2) is 0 Å². The minimum absolute atomic E-state index is 0.681. The lowest BCUT2D eigenvalue weighted by Gasteiger charge is -2.45. The summed E-state index contributed by atoms with van der Waals surface area (Å²) in [7, 11) is 0. The number of ether oxygens (including phenoxy) is 3. The number of rotatable bonds is 5. The molecule has 0 aromatic rings. The van der Waals surface area contributed by atoms with E-state index < -0.39 is 74.6 Å². The van der Waals surface area contributed by atoms with Gasteiger partial charge < -0.3 is 50.0 Å². The Bertz CT molecular complexity index is 488. The molecule has 2 heterocycles. The van der Waals surface area contributed by atoms with Crippen molar-refractivity contribution in [1.82, 2.24) is 0 Å². The molecule has 0 bridgehead atoms. The molecule has 2 aliphatic rings. The van der Waals surface area contributed by atoms with Gasteiger partial charge in [0.05, 0.1) is 13.2 Å². The Morgan fingerprint density at radius 3 is 2.04 bits per heavy atom. The predicted molar refractivity (Wildman–Crippen MR) is 75.5 cm³/mol. The second-order valence-corrected chi connectivity index (χ2v) is 5.73. The molecule has 0 radical (unpaired) electrons. The molecular formula is C12H21N3O10. The Balaban J connectivity index is 2.15. The number of hydrogen-bond donors (Lipinski definition) is 7. The second-order valence-electron chi connectivity index (χ2n) is 5.73. The summed E-state index contributed by atoms with van der Waals surface area (Å²) in [5, 5.41) is 71.1. The lowest BCUT2D eigenvalue weighted by Crippen LogP contribution is -2.64. The zero-order valence-electron chi connectivity index (χ0n) is 12.9. The van der Waals surface area contributed by atoms with Gasteiger partial charge in [0.15, 0.2) is 12.5 Å². The molecule has 2 aliphatic heterocycles. The third-order valence-electron chi connectivity index (χ3n) is 4.14. The van der Waals surface area contributed by atoms with Crippen LogP contribution < -0.4 is 0 Å². The predicted octanol–water partition coefficient (Wildman–Crippen LogP) is -4.08. The summed E-state index contributed by atoms with van der Waals surface area (Å²) in [4.78, 5) is 2.46. The van der Waals surface area contributed by atoms with Crippen molar-refractivity contribution >= 4 is 0 Å². The molecule has 0 aromatic heterocycles. The number of azide groups is 1. The zero-order valence-corrected chi connectivity index (χ0v) is 12.9. The fourth-order valence-electron chi connectivity index (χ4n) is 2.72. The Morgan fingerprint density at radius 2 is 1.48 bits per heavy atom. The average molecular weight is 367 g/mol. The maximum Gasteiger partial charge on any atom is 0.187 e. The first-order valence-electron chi connectivity index (χ1n) is 7.48. The highest BCUT2D eigenvalue weighted by Gasteiger charge is 2.50. The summed E-state index contributed by atoms with van der Waals surface area (Å²) in [6, 6.07) is 0. The highest BCUT2D eigenvalue weighted by Crippen LogP contribution is 2.29. The van der Waals surface area contributed by atoms with Gasteiger partial charge in [-0.1, -0.05) is 5.11 Å². The van der Waals surface area contributed by atoms with Crippen LogP contribution >= 0.6 is 0 Å². The van der Waals surface area contributed by atoms with Crippen molar-refractivity contribution in [2.75, 3.05) is 13.2 Å². The summed E-state index contributed by atoms with van der Waals surface area (Å²) in [6.07, 6.45) is -15.4. The molecule has 7 N–H and O–H groups in total.